The second-order valence-electron chi connectivity index (χ2n) is 5.30. The molecule has 0 saturated carbocycles. The van der Waals surface area contributed by atoms with Crippen LogP contribution in [0, 0.1) is 5.92 Å². The Morgan fingerprint density at radius 3 is 2.55 bits per heavy atom. The van der Waals surface area contributed by atoms with Gasteiger partial charge >= 0.3 is 0 Å². The molecular weight excluding hydrogens is 252 g/mol. The Balaban J connectivity index is 1.85. The third-order valence-corrected chi connectivity index (χ3v) is 3.71. The molecule has 112 valence electrons. The van der Waals surface area contributed by atoms with Gasteiger partial charge in [-0.2, -0.15) is 0 Å². The first kappa shape index (κ1) is 15.3. The molecule has 0 spiro atoms. The summed E-state index contributed by atoms with van der Waals surface area (Å²) in [7, 11) is 0. The van der Waals surface area contributed by atoms with Gasteiger partial charge in [-0.1, -0.05) is 12.1 Å². The maximum Gasteiger partial charge on any atom is 0.119 e. The zero-order valence-corrected chi connectivity index (χ0v) is 12.4. The molecule has 2 rings (SSSR count). The van der Waals surface area contributed by atoms with Gasteiger partial charge in [-0.3, -0.25) is 4.90 Å². The predicted molar refractivity (Wildman–Crippen MR) is 81.1 cm³/mol. The van der Waals surface area contributed by atoms with Crippen LogP contribution in [-0.4, -0.2) is 50.9 Å². The van der Waals surface area contributed by atoms with Crippen molar-refractivity contribution in [2.24, 2.45) is 11.7 Å². The molecule has 4 heteroatoms. The van der Waals surface area contributed by atoms with Gasteiger partial charge in [-0.05, 0) is 43.5 Å². The normalized spacial score (nSPS) is 17.9. The lowest BCUT2D eigenvalue weighted by molar-refractivity contribution is 0.0312. The summed E-state index contributed by atoms with van der Waals surface area (Å²) >= 11 is 0. The zero-order chi connectivity index (χ0) is 14.2. The average molecular weight is 278 g/mol. The molecule has 1 aliphatic rings. The van der Waals surface area contributed by atoms with Crippen LogP contribution in [0.3, 0.4) is 0 Å². The van der Waals surface area contributed by atoms with E-state index in [1.54, 1.807) is 0 Å². The first-order chi connectivity index (χ1) is 9.81. The number of rotatable bonds is 7. The van der Waals surface area contributed by atoms with E-state index in [1.807, 2.05) is 19.1 Å². The van der Waals surface area contributed by atoms with E-state index in [9.17, 15) is 0 Å². The molecule has 1 heterocycles. The first-order valence-corrected chi connectivity index (χ1v) is 7.53. The Morgan fingerprint density at radius 2 is 1.95 bits per heavy atom. The molecule has 1 saturated heterocycles. The Morgan fingerprint density at radius 1 is 1.25 bits per heavy atom. The molecule has 4 nitrogen and oxygen atoms in total. The van der Waals surface area contributed by atoms with Gasteiger partial charge in [0.05, 0.1) is 19.8 Å². The van der Waals surface area contributed by atoms with Crippen LogP contribution in [0.5, 0.6) is 5.75 Å². The third-order valence-electron chi connectivity index (χ3n) is 3.71. The van der Waals surface area contributed by atoms with Gasteiger partial charge in [0, 0.05) is 19.6 Å². The lowest BCUT2D eigenvalue weighted by atomic mass is 9.98. The minimum atomic E-state index is 0.506. The van der Waals surface area contributed by atoms with Crippen molar-refractivity contribution < 1.29 is 9.47 Å². The van der Waals surface area contributed by atoms with Gasteiger partial charge in [-0.25, -0.2) is 0 Å². The van der Waals surface area contributed by atoms with Crippen molar-refractivity contribution in [2.75, 3.05) is 46.0 Å². The number of nitrogens with two attached hydrogens (primary N) is 1. The van der Waals surface area contributed by atoms with Crippen LogP contribution in [0.15, 0.2) is 24.3 Å². The second kappa shape index (κ2) is 8.25. The molecule has 1 aromatic carbocycles. The maximum absolute atomic E-state index is 5.93. The number of nitrogens with zero attached hydrogens (tertiary/aromatic N) is 1. The summed E-state index contributed by atoms with van der Waals surface area (Å²) in [5.41, 5.74) is 7.26. The van der Waals surface area contributed by atoms with Crippen molar-refractivity contribution in [3.8, 4) is 5.75 Å². The number of hydrogen-bond acceptors (Lipinski definition) is 4. The average Bonchev–Trinajstić information content (AvgIpc) is 2.50. The van der Waals surface area contributed by atoms with Crippen molar-refractivity contribution in [1.29, 1.82) is 0 Å². The largest absolute Gasteiger partial charge is 0.494 e. The quantitative estimate of drug-likeness (QED) is 0.822. The Kier molecular flexibility index (Phi) is 6.30. The molecule has 1 fully saturated rings. The highest BCUT2D eigenvalue weighted by atomic mass is 16.5. The van der Waals surface area contributed by atoms with Gasteiger partial charge in [0.1, 0.15) is 5.75 Å². The molecular formula is C16H26N2O2. The molecule has 0 amide bonds. The van der Waals surface area contributed by atoms with E-state index in [4.69, 9.17) is 15.2 Å². The van der Waals surface area contributed by atoms with Crippen LogP contribution >= 0.6 is 0 Å². The van der Waals surface area contributed by atoms with E-state index in [0.29, 0.717) is 12.5 Å². The van der Waals surface area contributed by atoms with E-state index in [0.717, 1.165) is 51.6 Å². The highest BCUT2D eigenvalue weighted by Gasteiger charge is 2.16. The fourth-order valence-electron chi connectivity index (χ4n) is 2.59. The summed E-state index contributed by atoms with van der Waals surface area (Å²) in [6, 6.07) is 8.38. The van der Waals surface area contributed by atoms with Crippen LogP contribution in [-0.2, 0) is 11.2 Å². The molecule has 2 N–H and O–H groups in total. The molecule has 20 heavy (non-hydrogen) atoms. The second-order valence-corrected chi connectivity index (χ2v) is 5.30. The van der Waals surface area contributed by atoms with Gasteiger partial charge < -0.3 is 15.2 Å². The van der Waals surface area contributed by atoms with Crippen molar-refractivity contribution in [3.63, 3.8) is 0 Å². The van der Waals surface area contributed by atoms with Crippen LogP contribution in [0.25, 0.3) is 0 Å². The summed E-state index contributed by atoms with van der Waals surface area (Å²) in [5, 5.41) is 0. The summed E-state index contributed by atoms with van der Waals surface area (Å²) < 4.78 is 10.8. The monoisotopic (exact) mass is 278 g/mol. The SMILES string of the molecule is CCOc1ccc(CC(CN)CN2CCOCC2)cc1. The Bertz CT molecular complexity index is 375. The maximum atomic E-state index is 5.93. The summed E-state index contributed by atoms with van der Waals surface area (Å²) in [5.74, 6) is 1.44. The van der Waals surface area contributed by atoms with Crippen molar-refractivity contribution >= 4 is 0 Å². The summed E-state index contributed by atoms with van der Waals surface area (Å²) in [6.07, 6.45) is 1.03. The molecule has 1 aromatic rings. The lowest BCUT2D eigenvalue weighted by Crippen LogP contribution is -2.41. The summed E-state index contributed by atoms with van der Waals surface area (Å²) in [6.45, 7) is 8.25. The van der Waals surface area contributed by atoms with E-state index in [1.165, 1.54) is 5.56 Å². The van der Waals surface area contributed by atoms with Gasteiger partial charge in [-0.15, -0.1) is 0 Å². The standard InChI is InChI=1S/C16H26N2O2/c1-2-20-16-5-3-14(4-6-16)11-15(12-17)13-18-7-9-19-10-8-18/h3-6,15H,2,7-13,17H2,1H3. The topological polar surface area (TPSA) is 47.7 Å². The van der Waals surface area contributed by atoms with Gasteiger partial charge in [0.25, 0.3) is 0 Å². The van der Waals surface area contributed by atoms with Crippen molar-refractivity contribution in [3.05, 3.63) is 29.8 Å². The molecule has 0 bridgehead atoms. The molecule has 1 aliphatic heterocycles. The molecule has 1 atom stereocenters. The Labute approximate surface area is 121 Å². The summed E-state index contributed by atoms with van der Waals surface area (Å²) in [4.78, 5) is 2.45. The van der Waals surface area contributed by atoms with Crippen LogP contribution in [0.4, 0.5) is 0 Å². The van der Waals surface area contributed by atoms with Crippen molar-refractivity contribution in [1.82, 2.24) is 4.90 Å². The molecule has 0 aromatic heterocycles. The molecule has 0 radical (unpaired) electrons. The van der Waals surface area contributed by atoms with E-state index < -0.39 is 0 Å². The number of ether oxygens (including phenoxy) is 2. The smallest absolute Gasteiger partial charge is 0.119 e. The first-order valence-electron chi connectivity index (χ1n) is 7.53. The van der Waals surface area contributed by atoms with Gasteiger partial charge in [0.15, 0.2) is 0 Å². The number of benzene rings is 1. The fourth-order valence-corrected chi connectivity index (χ4v) is 2.59. The fraction of sp³-hybridized carbons (Fsp3) is 0.625. The molecule has 1 unspecified atom stereocenters. The lowest BCUT2D eigenvalue weighted by Gasteiger charge is -2.30. The Hall–Kier alpha value is -1.10. The number of hydrogen-bond donors (Lipinski definition) is 1. The van der Waals surface area contributed by atoms with Crippen LogP contribution < -0.4 is 10.5 Å². The van der Waals surface area contributed by atoms with Crippen molar-refractivity contribution in [2.45, 2.75) is 13.3 Å². The highest BCUT2D eigenvalue weighted by molar-refractivity contribution is 5.27. The van der Waals surface area contributed by atoms with E-state index >= 15 is 0 Å². The van der Waals surface area contributed by atoms with E-state index in [-0.39, 0.29) is 0 Å². The predicted octanol–water partition coefficient (Wildman–Crippen LogP) is 1.53. The third kappa shape index (κ3) is 4.78. The number of morpholine rings is 1. The zero-order valence-electron chi connectivity index (χ0n) is 12.4. The van der Waals surface area contributed by atoms with Crippen LogP contribution in [0.2, 0.25) is 0 Å². The minimum absolute atomic E-state index is 0.506. The van der Waals surface area contributed by atoms with Crippen LogP contribution in [0.1, 0.15) is 12.5 Å². The highest BCUT2D eigenvalue weighted by Crippen LogP contribution is 2.16. The minimum Gasteiger partial charge on any atom is -0.494 e. The van der Waals surface area contributed by atoms with E-state index in [2.05, 4.69) is 17.0 Å². The molecule has 0 aliphatic carbocycles. The van der Waals surface area contributed by atoms with Gasteiger partial charge in [0.2, 0.25) is 0 Å².